The molecular weight excluding hydrogens is 278 g/mol. The van der Waals surface area contributed by atoms with Gasteiger partial charge in [-0.15, -0.1) is 0 Å². The van der Waals surface area contributed by atoms with Crippen LogP contribution in [-0.4, -0.2) is 12.2 Å². The lowest BCUT2D eigenvalue weighted by atomic mass is 10.1. The maximum Gasteiger partial charge on any atom is 0.161 e. The molecule has 2 rings (SSSR count). The number of aliphatic hydroxyl groups excluding tert-OH is 1. The monoisotopic (exact) mass is 294 g/mol. The van der Waals surface area contributed by atoms with Gasteiger partial charge in [0.05, 0.1) is 13.2 Å². The van der Waals surface area contributed by atoms with Crippen molar-refractivity contribution in [1.82, 2.24) is 0 Å². The fourth-order valence-electron chi connectivity index (χ4n) is 1.86. The minimum absolute atomic E-state index is 0.0451. The van der Waals surface area contributed by atoms with Crippen LogP contribution in [0.15, 0.2) is 36.4 Å². The van der Waals surface area contributed by atoms with Gasteiger partial charge in [-0.25, -0.2) is 8.78 Å². The highest BCUT2D eigenvalue weighted by atomic mass is 19.1. The number of ether oxygens (including phenoxy) is 2. The van der Waals surface area contributed by atoms with Gasteiger partial charge >= 0.3 is 0 Å². The fourth-order valence-corrected chi connectivity index (χ4v) is 1.86. The molecule has 2 aromatic rings. The van der Waals surface area contributed by atoms with Crippen LogP contribution in [0.3, 0.4) is 0 Å². The van der Waals surface area contributed by atoms with Gasteiger partial charge in [0.25, 0.3) is 0 Å². The molecule has 0 amide bonds. The number of aliphatic hydroxyl groups is 1. The Hall–Kier alpha value is -2.14. The molecule has 0 spiro atoms. The Balaban J connectivity index is 2.16. The predicted molar refractivity (Wildman–Crippen MR) is 74.3 cm³/mol. The molecule has 1 atom stereocenters. The van der Waals surface area contributed by atoms with Crippen molar-refractivity contribution in [3.63, 3.8) is 0 Å². The number of hydrogen-bond acceptors (Lipinski definition) is 3. The summed E-state index contributed by atoms with van der Waals surface area (Å²) in [4.78, 5) is 0. The lowest BCUT2D eigenvalue weighted by molar-refractivity contribution is 0.198. The number of hydrogen-bond donors (Lipinski definition) is 1. The van der Waals surface area contributed by atoms with Crippen molar-refractivity contribution >= 4 is 0 Å². The van der Waals surface area contributed by atoms with Crippen LogP contribution in [0, 0.1) is 11.6 Å². The molecule has 0 bridgehead atoms. The Morgan fingerprint density at radius 2 is 1.86 bits per heavy atom. The highest BCUT2D eigenvalue weighted by Gasteiger charge is 2.10. The van der Waals surface area contributed by atoms with Crippen molar-refractivity contribution in [3.05, 3.63) is 59.2 Å². The van der Waals surface area contributed by atoms with E-state index in [1.54, 1.807) is 25.1 Å². The van der Waals surface area contributed by atoms with Crippen LogP contribution >= 0.6 is 0 Å². The molecule has 0 aliphatic carbocycles. The van der Waals surface area contributed by atoms with Gasteiger partial charge in [0.2, 0.25) is 0 Å². The zero-order valence-electron chi connectivity index (χ0n) is 11.8. The summed E-state index contributed by atoms with van der Waals surface area (Å²) in [5, 5.41) is 9.52. The van der Waals surface area contributed by atoms with E-state index >= 15 is 0 Å². The van der Waals surface area contributed by atoms with Gasteiger partial charge < -0.3 is 14.6 Å². The van der Waals surface area contributed by atoms with E-state index in [9.17, 15) is 13.9 Å². The molecule has 0 saturated carbocycles. The Bertz CT molecular complexity index is 627. The standard InChI is InChI=1S/C16H16F2O3/c1-10(19)11-4-6-15(16(7-11)20-2)21-9-12-3-5-13(17)8-14(12)18/h3-8,10,19H,9H2,1-2H3/t10-/m0/s1. The molecule has 0 radical (unpaired) electrons. The number of benzene rings is 2. The van der Waals surface area contributed by atoms with E-state index in [-0.39, 0.29) is 12.2 Å². The van der Waals surface area contributed by atoms with Crippen molar-refractivity contribution in [2.45, 2.75) is 19.6 Å². The van der Waals surface area contributed by atoms with Crippen LogP contribution in [-0.2, 0) is 6.61 Å². The normalized spacial score (nSPS) is 12.0. The van der Waals surface area contributed by atoms with Gasteiger partial charge in [0.15, 0.2) is 11.5 Å². The fraction of sp³-hybridized carbons (Fsp3) is 0.250. The summed E-state index contributed by atoms with van der Waals surface area (Å²) in [6, 6.07) is 8.32. The molecule has 0 aliphatic rings. The number of halogens is 2. The van der Waals surface area contributed by atoms with Crippen LogP contribution in [0.2, 0.25) is 0 Å². The highest BCUT2D eigenvalue weighted by molar-refractivity contribution is 5.43. The van der Waals surface area contributed by atoms with E-state index in [1.807, 2.05) is 0 Å². The van der Waals surface area contributed by atoms with E-state index in [1.165, 1.54) is 19.2 Å². The summed E-state index contributed by atoms with van der Waals surface area (Å²) in [5.74, 6) is -0.425. The predicted octanol–water partition coefficient (Wildman–Crippen LogP) is 3.61. The first kappa shape index (κ1) is 15.3. The maximum atomic E-state index is 13.5. The summed E-state index contributed by atoms with van der Waals surface area (Å²) < 4.78 is 37.0. The molecule has 3 nitrogen and oxygen atoms in total. The number of rotatable bonds is 5. The van der Waals surface area contributed by atoms with E-state index < -0.39 is 17.7 Å². The van der Waals surface area contributed by atoms with Gasteiger partial charge in [-0.2, -0.15) is 0 Å². The quantitative estimate of drug-likeness (QED) is 0.915. The second-order valence-corrected chi connectivity index (χ2v) is 4.61. The SMILES string of the molecule is COc1cc([C@H](C)O)ccc1OCc1ccc(F)cc1F. The molecule has 21 heavy (non-hydrogen) atoms. The van der Waals surface area contributed by atoms with Gasteiger partial charge in [0.1, 0.15) is 18.2 Å². The summed E-state index contributed by atoms with van der Waals surface area (Å²) in [5.41, 5.74) is 0.935. The van der Waals surface area contributed by atoms with Gasteiger partial charge in [-0.05, 0) is 36.8 Å². The smallest absolute Gasteiger partial charge is 0.161 e. The van der Waals surface area contributed by atoms with Crippen LogP contribution < -0.4 is 9.47 Å². The molecule has 5 heteroatoms. The van der Waals surface area contributed by atoms with Crippen molar-refractivity contribution in [2.24, 2.45) is 0 Å². The molecule has 1 N–H and O–H groups in total. The van der Waals surface area contributed by atoms with E-state index in [2.05, 4.69) is 0 Å². The molecule has 112 valence electrons. The maximum absolute atomic E-state index is 13.5. The average molecular weight is 294 g/mol. The molecule has 0 fully saturated rings. The van der Waals surface area contributed by atoms with E-state index in [4.69, 9.17) is 9.47 Å². The Labute approximate surface area is 121 Å². The summed E-state index contributed by atoms with van der Waals surface area (Å²) in [6.07, 6.45) is -0.623. The minimum Gasteiger partial charge on any atom is -0.493 e. The Morgan fingerprint density at radius 1 is 1.10 bits per heavy atom. The van der Waals surface area contributed by atoms with Crippen LogP contribution in [0.4, 0.5) is 8.78 Å². The van der Waals surface area contributed by atoms with E-state index in [0.29, 0.717) is 17.1 Å². The third-order valence-electron chi connectivity index (χ3n) is 3.07. The second kappa shape index (κ2) is 6.54. The van der Waals surface area contributed by atoms with Crippen LogP contribution in [0.25, 0.3) is 0 Å². The topological polar surface area (TPSA) is 38.7 Å². The summed E-state index contributed by atoms with van der Waals surface area (Å²) >= 11 is 0. The van der Waals surface area contributed by atoms with Crippen molar-refractivity contribution in [1.29, 1.82) is 0 Å². The molecule has 0 aliphatic heterocycles. The summed E-state index contributed by atoms with van der Waals surface area (Å²) in [7, 11) is 1.48. The van der Waals surface area contributed by atoms with Crippen molar-refractivity contribution < 1.29 is 23.4 Å². The first-order chi connectivity index (χ1) is 10.0. The van der Waals surface area contributed by atoms with Gasteiger partial charge in [-0.1, -0.05) is 6.07 Å². The molecule has 0 aromatic heterocycles. The van der Waals surface area contributed by atoms with Crippen molar-refractivity contribution in [3.8, 4) is 11.5 Å². The summed E-state index contributed by atoms with van der Waals surface area (Å²) in [6.45, 7) is 1.60. The molecular formula is C16H16F2O3. The van der Waals surface area contributed by atoms with Crippen molar-refractivity contribution in [2.75, 3.05) is 7.11 Å². The highest BCUT2D eigenvalue weighted by Crippen LogP contribution is 2.31. The van der Waals surface area contributed by atoms with Crippen LogP contribution in [0.5, 0.6) is 11.5 Å². The molecule has 0 heterocycles. The zero-order chi connectivity index (χ0) is 15.4. The molecule has 0 saturated heterocycles. The lowest BCUT2D eigenvalue weighted by Crippen LogP contribution is -2.01. The first-order valence-corrected chi connectivity index (χ1v) is 6.44. The lowest BCUT2D eigenvalue weighted by Gasteiger charge is -2.13. The average Bonchev–Trinajstić information content (AvgIpc) is 2.46. The molecule has 0 unspecified atom stereocenters. The number of methoxy groups -OCH3 is 1. The van der Waals surface area contributed by atoms with Crippen LogP contribution in [0.1, 0.15) is 24.2 Å². The Kier molecular flexibility index (Phi) is 4.75. The second-order valence-electron chi connectivity index (χ2n) is 4.61. The largest absolute Gasteiger partial charge is 0.493 e. The molecule has 2 aromatic carbocycles. The zero-order valence-corrected chi connectivity index (χ0v) is 11.8. The van der Waals surface area contributed by atoms with E-state index in [0.717, 1.165) is 6.07 Å². The van der Waals surface area contributed by atoms with Gasteiger partial charge in [-0.3, -0.25) is 0 Å². The third-order valence-corrected chi connectivity index (χ3v) is 3.07. The third kappa shape index (κ3) is 3.70. The minimum atomic E-state index is -0.658. The van der Waals surface area contributed by atoms with Gasteiger partial charge in [0, 0.05) is 11.6 Å². The Morgan fingerprint density at radius 3 is 2.48 bits per heavy atom. The first-order valence-electron chi connectivity index (χ1n) is 6.44.